The van der Waals surface area contributed by atoms with Crippen molar-refractivity contribution < 1.29 is 22.4 Å². The second-order valence-corrected chi connectivity index (χ2v) is 5.46. The average molecular weight is 304 g/mol. The fourth-order valence-electron chi connectivity index (χ4n) is 2.33. The van der Waals surface area contributed by atoms with Gasteiger partial charge in [0, 0.05) is 11.1 Å². The van der Waals surface area contributed by atoms with E-state index in [1.807, 2.05) is 6.92 Å². The highest BCUT2D eigenvalue weighted by molar-refractivity contribution is 5.94. The first kappa shape index (κ1) is 15.8. The summed E-state index contributed by atoms with van der Waals surface area (Å²) < 4.78 is 51.1. The van der Waals surface area contributed by atoms with Gasteiger partial charge in [0.15, 0.2) is 0 Å². The highest BCUT2D eigenvalue weighted by atomic mass is 19.4. The van der Waals surface area contributed by atoms with Crippen LogP contribution in [-0.4, -0.2) is 24.5 Å². The average Bonchev–Trinajstić information content (AvgIpc) is 2.38. The van der Waals surface area contributed by atoms with E-state index in [2.05, 4.69) is 10.6 Å². The maximum Gasteiger partial charge on any atom is 0.419 e. The van der Waals surface area contributed by atoms with Crippen LogP contribution in [0, 0.1) is 5.82 Å². The van der Waals surface area contributed by atoms with Gasteiger partial charge in [-0.2, -0.15) is 13.2 Å². The van der Waals surface area contributed by atoms with Gasteiger partial charge in [-0.1, -0.05) is 0 Å². The SMILES string of the molecule is CC1(NC(=O)c2ccc(F)c(C(F)(F)F)c2)CCNCC1. The van der Waals surface area contributed by atoms with Crippen molar-refractivity contribution in [3.05, 3.63) is 35.1 Å². The van der Waals surface area contributed by atoms with Crippen LogP contribution in [0.3, 0.4) is 0 Å². The first-order valence-corrected chi connectivity index (χ1v) is 6.61. The number of piperidine rings is 1. The normalized spacial score (nSPS) is 18.3. The minimum absolute atomic E-state index is 0.191. The molecule has 0 aromatic heterocycles. The minimum Gasteiger partial charge on any atom is -0.347 e. The van der Waals surface area contributed by atoms with Gasteiger partial charge in [0.2, 0.25) is 0 Å². The standard InChI is InChI=1S/C14H16F4N2O/c1-13(4-6-19-7-5-13)20-12(21)9-2-3-11(15)10(8-9)14(16,17)18/h2-3,8,19H,4-7H2,1H3,(H,20,21). The molecule has 1 aromatic rings. The zero-order valence-electron chi connectivity index (χ0n) is 11.5. The van der Waals surface area contributed by atoms with Gasteiger partial charge < -0.3 is 10.6 Å². The molecule has 0 saturated carbocycles. The van der Waals surface area contributed by atoms with Crippen LogP contribution in [0.25, 0.3) is 0 Å². The molecule has 1 aliphatic heterocycles. The molecule has 116 valence electrons. The van der Waals surface area contributed by atoms with Gasteiger partial charge in [-0.15, -0.1) is 0 Å². The summed E-state index contributed by atoms with van der Waals surface area (Å²) in [5.74, 6) is -2.00. The molecule has 21 heavy (non-hydrogen) atoms. The molecule has 1 amide bonds. The summed E-state index contributed by atoms with van der Waals surface area (Å²) in [6.07, 6.45) is -3.45. The zero-order chi connectivity index (χ0) is 15.7. The van der Waals surface area contributed by atoms with Crippen molar-refractivity contribution in [1.29, 1.82) is 0 Å². The molecule has 0 radical (unpaired) electrons. The molecule has 7 heteroatoms. The molecule has 3 nitrogen and oxygen atoms in total. The van der Waals surface area contributed by atoms with E-state index in [-0.39, 0.29) is 5.56 Å². The van der Waals surface area contributed by atoms with E-state index in [9.17, 15) is 22.4 Å². The first-order chi connectivity index (χ1) is 9.71. The van der Waals surface area contributed by atoms with E-state index < -0.39 is 29.0 Å². The molecule has 1 heterocycles. The lowest BCUT2D eigenvalue weighted by atomic mass is 9.90. The van der Waals surface area contributed by atoms with Crippen LogP contribution in [0.5, 0.6) is 0 Å². The Balaban J connectivity index is 2.20. The number of amides is 1. The third kappa shape index (κ3) is 3.72. The van der Waals surface area contributed by atoms with Crippen molar-refractivity contribution in [3.8, 4) is 0 Å². The highest BCUT2D eigenvalue weighted by Crippen LogP contribution is 2.32. The molecule has 0 spiro atoms. The molecule has 0 bridgehead atoms. The Morgan fingerprint density at radius 2 is 1.90 bits per heavy atom. The number of rotatable bonds is 2. The summed E-state index contributed by atoms with van der Waals surface area (Å²) >= 11 is 0. The third-order valence-corrected chi connectivity index (χ3v) is 3.66. The largest absolute Gasteiger partial charge is 0.419 e. The van der Waals surface area contributed by atoms with Crippen LogP contribution in [0.1, 0.15) is 35.7 Å². The smallest absolute Gasteiger partial charge is 0.347 e. The van der Waals surface area contributed by atoms with E-state index >= 15 is 0 Å². The number of benzene rings is 1. The Hall–Kier alpha value is -1.63. The number of alkyl halides is 3. The summed E-state index contributed by atoms with van der Waals surface area (Å²) in [5.41, 5.74) is -2.08. The molecule has 1 aromatic carbocycles. The molecule has 0 atom stereocenters. The van der Waals surface area contributed by atoms with Crippen LogP contribution in [0.2, 0.25) is 0 Å². The lowest BCUT2D eigenvalue weighted by molar-refractivity contribution is -0.140. The molecule has 1 saturated heterocycles. The summed E-state index contributed by atoms with van der Waals surface area (Å²) in [5, 5.41) is 5.88. The highest BCUT2D eigenvalue weighted by Gasteiger charge is 2.35. The molecular formula is C14H16F4N2O. The van der Waals surface area contributed by atoms with Gasteiger partial charge in [-0.25, -0.2) is 4.39 Å². The Morgan fingerprint density at radius 3 is 2.48 bits per heavy atom. The van der Waals surface area contributed by atoms with Crippen LogP contribution in [0.15, 0.2) is 18.2 Å². The number of hydrogen-bond donors (Lipinski definition) is 2. The van der Waals surface area contributed by atoms with Crippen molar-refractivity contribution >= 4 is 5.91 Å². The Labute approximate surface area is 119 Å². The van der Waals surface area contributed by atoms with E-state index in [4.69, 9.17) is 0 Å². The third-order valence-electron chi connectivity index (χ3n) is 3.66. The first-order valence-electron chi connectivity index (χ1n) is 6.61. The Morgan fingerprint density at radius 1 is 1.29 bits per heavy atom. The summed E-state index contributed by atoms with van der Waals surface area (Å²) in [7, 11) is 0. The fourth-order valence-corrected chi connectivity index (χ4v) is 2.33. The predicted octanol–water partition coefficient (Wildman–Crippen LogP) is 2.72. The maximum absolute atomic E-state index is 13.2. The molecule has 1 aliphatic rings. The molecule has 0 aliphatic carbocycles. The van der Waals surface area contributed by atoms with Gasteiger partial charge in [0.05, 0.1) is 5.56 Å². The summed E-state index contributed by atoms with van der Waals surface area (Å²) in [4.78, 5) is 12.1. The van der Waals surface area contributed by atoms with E-state index in [0.29, 0.717) is 25.0 Å². The van der Waals surface area contributed by atoms with Crippen molar-refractivity contribution in [2.45, 2.75) is 31.5 Å². The van der Waals surface area contributed by atoms with Gasteiger partial charge in [0.1, 0.15) is 5.82 Å². The predicted molar refractivity (Wildman–Crippen MR) is 69.4 cm³/mol. The van der Waals surface area contributed by atoms with Crippen molar-refractivity contribution in [1.82, 2.24) is 10.6 Å². The maximum atomic E-state index is 13.2. The summed E-state index contributed by atoms with van der Waals surface area (Å²) in [6.45, 7) is 3.31. The molecular weight excluding hydrogens is 288 g/mol. The summed E-state index contributed by atoms with van der Waals surface area (Å²) in [6, 6.07) is 2.28. The van der Waals surface area contributed by atoms with Crippen molar-refractivity contribution in [3.63, 3.8) is 0 Å². The zero-order valence-corrected chi connectivity index (χ0v) is 11.5. The number of carbonyl (C=O) groups is 1. The second-order valence-electron chi connectivity index (χ2n) is 5.46. The van der Waals surface area contributed by atoms with Crippen molar-refractivity contribution in [2.24, 2.45) is 0 Å². The lowest BCUT2D eigenvalue weighted by Crippen LogP contribution is -2.52. The van der Waals surface area contributed by atoms with Crippen molar-refractivity contribution in [2.75, 3.05) is 13.1 Å². The molecule has 2 rings (SSSR count). The van der Waals surface area contributed by atoms with E-state index in [1.165, 1.54) is 0 Å². The second kappa shape index (κ2) is 5.63. The van der Waals surface area contributed by atoms with Crippen LogP contribution in [-0.2, 0) is 6.18 Å². The lowest BCUT2D eigenvalue weighted by Gasteiger charge is -2.35. The number of nitrogens with one attached hydrogen (secondary N) is 2. The number of carbonyl (C=O) groups excluding carboxylic acids is 1. The van der Waals surface area contributed by atoms with E-state index in [0.717, 1.165) is 19.2 Å². The topological polar surface area (TPSA) is 41.1 Å². The van der Waals surface area contributed by atoms with E-state index in [1.54, 1.807) is 0 Å². The Bertz CT molecular complexity index is 536. The quantitative estimate of drug-likeness (QED) is 0.825. The van der Waals surface area contributed by atoms with Crippen LogP contribution in [0.4, 0.5) is 17.6 Å². The van der Waals surface area contributed by atoms with Gasteiger partial charge in [-0.05, 0) is 51.1 Å². The number of hydrogen-bond acceptors (Lipinski definition) is 2. The molecule has 0 unspecified atom stereocenters. The molecule has 2 N–H and O–H groups in total. The number of halogens is 4. The van der Waals surface area contributed by atoms with Gasteiger partial charge >= 0.3 is 6.18 Å². The van der Waals surface area contributed by atoms with Crippen LogP contribution >= 0.6 is 0 Å². The monoisotopic (exact) mass is 304 g/mol. The van der Waals surface area contributed by atoms with Gasteiger partial charge in [-0.3, -0.25) is 4.79 Å². The van der Waals surface area contributed by atoms with Gasteiger partial charge in [0.25, 0.3) is 5.91 Å². The van der Waals surface area contributed by atoms with Crippen LogP contribution < -0.4 is 10.6 Å². The molecule has 1 fully saturated rings. The fraction of sp³-hybridized carbons (Fsp3) is 0.500. The Kier molecular flexibility index (Phi) is 4.22. The minimum atomic E-state index is -4.82.